The average Bonchev–Trinajstić information content (AvgIpc) is 2.78. The number of hydrogen-bond acceptors (Lipinski definition) is 4. The van der Waals surface area contributed by atoms with E-state index >= 15 is 0 Å². The second-order valence-corrected chi connectivity index (χ2v) is 8.63. The van der Waals surface area contributed by atoms with E-state index in [-0.39, 0.29) is 23.9 Å². The molecule has 0 spiro atoms. The number of likely N-dealkylation sites (tertiary alicyclic amines) is 1. The van der Waals surface area contributed by atoms with Crippen LogP contribution in [0.25, 0.3) is 0 Å². The lowest BCUT2D eigenvalue weighted by atomic mass is 10.0. The van der Waals surface area contributed by atoms with Gasteiger partial charge < -0.3 is 20.4 Å². The van der Waals surface area contributed by atoms with Gasteiger partial charge >= 0.3 is 6.03 Å². The number of carbonyl (C=O) groups is 2. The molecular formula is C24H32FN5O2. The highest BCUT2D eigenvalue weighted by Crippen LogP contribution is 2.19. The molecule has 1 aliphatic rings. The Bertz CT molecular complexity index is 894. The van der Waals surface area contributed by atoms with Crippen LogP contribution in [0.15, 0.2) is 42.6 Å². The normalized spacial score (nSPS) is 14.9. The summed E-state index contributed by atoms with van der Waals surface area (Å²) in [6.07, 6.45) is 2.95. The number of rotatable bonds is 7. The zero-order valence-electron chi connectivity index (χ0n) is 19.0. The molecule has 3 rings (SSSR count). The predicted molar refractivity (Wildman–Crippen MR) is 122 cm³/mol. The maximum absolute atomic E-state index is 13.2. The Morgan fingerprint density at radius 1 is 1.16 bits per heavy atom. The number of hydrogen-bond donors (Lipinski definition) is 2. The van der Waals surface area contributed by atoms with E-state index in [0.717, 1.165) is 37.2 Å². The van der Waals surface area contributed by atoms with Crippen LogP contribution in [0.2, 0.25) is 0 Å². The Kier molecular flexibility index (Phi) is 8.16. The number of amides is 3. The summed E-state index contributed by atoms with van der Waals surface area (Å²) >= 11 is 0. The highest BCUT2D eigenvalue weighted by molar-refractivity contribution is 5.92. The summed E-state index contributed by atoms with van der Waals surface area (Å²) in [5.41, 5.74) is 2.32. The molecule has 3 amide bonds. The number of anilines is 1. The van der Waals surface area contributed by atoms with Gasteiger partial charge in [-0.15, -0.1) is 0 Å². The largest absolute Gasteiger partial charge is 0.334 e. The average molecular weight is 442 g/mol. The summed E-state index contributed by atoms with van der Waals surface area (Å²) in [5, 5.41) is 5.86. The molecule has 7 nitrogen and oxygen atoms in total. The molecule has 172 valence electrons. The van der Waals surface area contributed by atoms with E-state index in [1.54, 1.807) is 6.07 Å². The van der Waals surface area contributed by atoms with Gasteiger partial charge in [0.1, 0.15) is 5.82 Å². The summed E-state index contributed by atoms with van der Waals surface area (Å²) in [7, 11) is 2.08. The van der Waals surface area contributed by atoms with Gasteiger partial charge in [0, 0.05) is 24.2 Å². The van der Waals surface area contributed by atoms with E-state index in [0.29, 0.717) is 18.8 Å². The minimum Gasteiger partial charge on any atom is -0.334 e. The van der Waals surface area contributed by atoms with Gasteiger partial charge in [-0.3, -0.25) is 9.78 Å². The molecule has 0 bridgehead atoms. The van der Waals surface area contributed by atoms with Crippen molar-refractivity contribution in [2.24, 2.45) is 5.92 Å². The molecule has 1 fully saturated rings. The molecule has 0 atom stereocenters. The number of nitrogens with one attached hydrogen (secondary N) is 2. The van der Waals surface area contributed by atoms with E-state index in [1.165, 1.54) is 12.3 Å². The van der Waals surface area contributed by atoms with E-state index < -0.39 is 5.82 Å². The molecule has 2 N–H and O–H groups in total. The van der Waals surface area contributed by atoms with Crippen LogP contribution >= 0.6 is 0 Å². The standard InChI is InChI=1S/C24H32FN5O2/c1-17(2)23(31)28-20-7-4-18(5-8-20)14-27-24(32)30(22-10-12-29(3)13-11-22)16-21-9-6-19(25)15-26-21/h4-9,15,17,22H,10-14,16H2,1-3H3,(H,27,32)(H,28,31). The van der Waals surface area contributed by atoms with Crippen molar-refractivity contribution >= 4 is 17.6 Å². The minimum atomic E-state index is -0.392. The van der Waals surface area contributed by atoms with Crippen molar-refractivity contribution in [2.45, 2.75) is 45.8 Å². The van der Waals surface area contributed by atoms with Gasteiger partial charge in [0.15, 0.2) is 0 Å². The molecule has 1 saturated heterocycles. The van der Waals surface area contributed by atoms with Gasteiger partial charge in [-0.25, -0.2) is 9.18 Å². The molecule has 8 heteroatoms. The van der Waals surface area contributed by atoms with Crippen LogP contribution in [0.1, 0.15) is 37.9 Å². The first-order valence-electron chi connectivity index (χ1n) is 11.0. The molecule has 32 heavy (non-hydrogen) atoms. The first-order valence-corrected chi connectivity index (χ1v) is 11.0. The maximum Gasteiger partial charge on any atom is 0.318 e. The number of halogens is 1. The number of piperidine rings is 1. The van der Waals surface area contributed by atoms with Crippen LogP contribution in [0.4, 0.5) is 14.9 Å². The second kappa shape index (κ2) is 11.0. The zero-order chi connectivity index (χ0) is 23.1. The fourth-order valence-electron chi connectivity index (χ4n) is 3.62. The molecular weight excluding hydrogens is 409 g/mol. The monoisotopic (exact) mass is 441 g/mol. The lowest BCUT2D eigenvalue weighted by Crippen LogP contribution is -2.49. The summed E-state index contributed by atoms with van der Waals surface area (Å²) in [5.74, 6) is -0.513. The molecule has 1 aromatic heterocycles. The van der Waals surface area contributed by atoms with Crippen LogP contribution in [0.5, 0.6) is 0 Å². The van der Waals surface area contributed by atoms with Gasteiger partial charge in [-0.2, -0.15) is 0 Å². The van der Waals surface area contributed by atoms with Crippen molar-refractivity contribution in [3.63, 3.8) is 0 Å². The number of nitrogens with zero attached hydrogens (tertiary/aromatic N) is 3. The Labute approximate surface area is 189 Å². The lowest BCUT2D eigenvalue weighted by molar-refractivity contribution is -0.118. The summed E-state index contributed by atoms with van der Waals surface area (Å²) in [4.78, 5) is 33.1. The molecule has 0 aliphatic carbocycles. The fourth-order valence-corrected chi connectivity index (χ4v) is 3.62. The SMILES string of the molecule is CC(C)C(=O)Nc1ccc(CNC(=O)N(Cc2ccc(F)cn2)C2CCN(C)CC2)cc1. The third-order valence-corrected chi connectivity index (χ3v) is 5.70. The van der Waals surface area contributed by atoms with E-state index in [2.05, 4.69) is 27.6 Å². The van der Waals surface area contributed by atoms with E-state index in [1.807, 2.05) is 43.0 Å². The summed E-state index contributed by atoms with van der Waals surface area (Å²) < 4.78 is 13.2. The van der Waals surface area contributed by atoms with Gasteiger partial charge in [0.2, 0.25) is 5.91 Å². The van der Waals surface area contributed by atoms with E-state index in [4.69, 9.17) is 0 Å². The Morgan fingerprint density at radius 2 is 1.84 bits per heavy atom. The number of carbonyl (C=O) groups excluding carboxylic acids is 2. The number of urea groups is 1. The first-order chi connectivity index (χ1) is 15.3. The van der Waals surface area contributed by atoms with E-state index in [9.17, 15) is 14.0 Å². The third-order valence-electron chi connectivity index (χ3n) is 5.70. The van der Waals surface area contributed by atoms with Crippen molar-refractivity contribution in [1.82, 2.24) is 20.1 Å². The fraction of sp³-hybridized carbons (Fsp3) is 0.458. The van der Waals surface area contributed by atoms with Gasteiger partial charge in [0.05, 0.1) is 18.4 Å². The smallest absolute Gasteiger partial charge is 0.318 e. The van der Waals surface area contributed by atoms with Crippen molar-refractivity contribution in [3.8, 4) is 0 Å². The summed E-state index contributed by atoms with van der Waals surface area (Å²) in [6.45, 7) is 6.25. The Morgan fingerprint density at radius 3 is 2.44 bits per heavy atom. The molecule has 2 aromatic rings. The second-order valence-electron chi connectivity index (χ2n) is 8.63. The minimum absolute atomic E-state index is 0.0331. The van der Waals surface area contributed by atoms with Crippen molar-refractivity contribution < 1.29 is 14.0 Å². The first kappa shape index (κ1) is 23.7. The molecule has 1 aromatic carbocycles. The van der Waals surface area contributed by atoms with Gasteiger partial charge in [-0.05, 0) is 62.8 Å². The number of pyridine rings is 1. The van der Waals surface area contributed by atoms with Gasteiger partial charge in [0.25, 0.3) is 0 Å². The predicted octanol–water partition coefficient (Wildman–Crippen LogP) is 3.62. The molecule has 0 unspecified atom stereocenters. The Balaban J connectivity index is 1.62. The van der Waals surface area contributed by atoms with Crippen molar-refractivity contribution in [3.05, 3.63) is 59.7 Å². The molecule has 2 heterocycles. The third kappa shape index (κ3) is 6.75. The van der Waals surface area contributed by atoms with Crippen LogP contribution in [0.3, 0.4) is 0 Å². The topological polar surface area (TPSA) is 77.6 Å². The summed E-state index contributed by atoms with van der Waals surface area (Å²) in [6, 6.07) is 10.4. The van der Waals surface area contributed by atoms with Crippen molar-refractivity contribution in [2.75, 3.05) is 25.5 Å². The van der Waals surface area contributed by atoms with Crippen molar-refractivity contribution in [1.29, 1.82) is 0 Å². The van der Waals surface area contributed by atoms with Crippen LogP contribution in [-0.4, -0.2) is 52.9 Å². The molecule has 0 radical (unpaired) electrons. The molecule has 1 aliphatic heterocycles. The lowest BCUT2D eigenvalue weighted by Gasteiger charge is -2.37. The van der Waals surface area contributed by atoms with Gasteiger partial charge in [-0.1, -0.05) is 26.0 Å². The maximum atomic E-state index is 13.2. The van der Waals surface area contributed by atoms with Crippen LogP contribution in [0, 0.1) is 11.7 Å². The Hall–Kier alpha value is -3.00. The van der Waals surface area contributed by atoms with Crippen LogP contribution in [-0.2, 0) is 17.9 Å². The highest BCUT2D eigenvalue weighted by Gasteiger charge is 2.27. The number of aromatic nitrogens is 1. The van der Waals surface area contributed by atoms with Crippen LogP contribution < -0.4 is 10.6 Å². The zero-order valence-corrected chi connectivity index (χ0v) is 19.0. The molecule has 0 saturated carbocycles. The quantitative estimate of drug-likeness (QED) is 0.688. The highest BCUT2D eigenvalue weighted by atomic mass is 19.1. The number of benzene rings is 1.